The van der Waals surface area contributed by atoms with Gasteiger partial charge in [-0.05, 0) is 36.1 Å². The van der Waals surface area contributed by atoms with Crippen molar-refractivity contribution in [2.45, 2.75) is 36.4 Å². The Morgan fingerprint density at radius 2 is 1.68 bits per heavy atom. The molecular formula is C33H30FN5Na2O8S. The Bertz CT molecular complexity index is 1950. The van der Waals surface area contributed by atoms with Crippen molar-refractivity contribution >= 4 is 52.1 Å². The predicted molar refractivity (Wildman–Crippen MR) is 168 cm³/mol. The van der Waals surface area contributed by atoms with Gasteiger partial charge in [0.2, 0.25) is 0 Å². The third-order valence-electron chi connectivity index (χ3n) is 9.29. The van der Waals surface area contributed by atoms with E-state index in [4.69, 9.17) is 0 Å². The largest absolute Gasteiger partial charge is 1.00 e. The number of carbonyl (C=O) groups excluding carboxylic acids is 4. The van der Waals surface area contributed by atoms with E-state index in [0.29, 0.717) is 42.8 Å². The number of aliphatic hydroxyl groups is 1. The number of hydrogen-bond donors (Lipinski definition) is 2. The number of carbonyl (C=O) groups is 4. The fraction of sp³-hybridized carbons (Fsp3) is 0.364. The molecule has 1 saturated carbocycles. The van der Waals surface area contributed by atoms with Gasteiger partial charge >= 0.3 is 59.1 Å². The van der Waals surface area contributed by atoms with E-state index in [1.54, 1.807) is 41.0 Å². The number of thioether (sulfide) groups is 1. The fourth-order valence-corrected chi connectivity index (χ4v) is 7.97. The zero-order valence-corrected chi connectivity index (χ0v) is 32.3. The monoisotopic (exact) mass is 721 g/mol. The Hall–Kier alpha value is -2.73. The first-order valence-corrected chi connectivity index (χ1v) is 16.6. The Kier molecular flexibility index (Phi) is 11.9. The van der Waals surface area contributed by atoms with Gasteiger partial charge in [-0.15, -0.1) is 11.8 Å². The van der Waals surface area contributed by atoms with Crippen LogP contribution in [0.25, 0.3) is 10.9 Å². The Morgan fingerprint density at radius 3 is 2.30 bits per heavy atom. The first-order valence-electron chi connectivity index (χ1n) is 15.5. The van der Waals surface area contributed by atoms with Gasteiger partial charge < -0.3 is 39.7 Å². The van der Waals surface area contributed by atoms with Crippen LogP contribution in [0.1, 0.15) is 40.9 Å². The number of pyridine rings is 1. The molecule has 0 radical (unpaired) electrons. The number of piperazine rings is 1. The number of hydrogen-bond acceptors (Lipinski definition) is 11. The molecule has 1 unspecified atom stereocenters. The number of halogens is 1. The van der Waals surface area contributed by atoms with Crippen molar-refractivity contribution in [1.82, 2.24) is 19.7 Å². The van der Waals surface area contributed by atoms with Crippen LogP contribution >= 0.6 is 11.8 Å². The van der Waals surface area contributed by atoms with E-state index >= 15 is 4.39 Å². The van der Waals surface area contributed by atoms with Crippen molar-refractivity contribution < 1.29 is 98.0 Å². The molecule has 3 atom stereocenters. The molecule has 50 heavy (non-hydrogen) atoms. The van der Waals surface area contributed by atoms with Gasteiger partial charge in [-0.2, -0.15) is 0 Å². The molecule has 0 bridgehead atoms. The summed E-state index contributed by atoms with van der Waals surface area (Å²) in [5.74, 6) is -4.86. The van der Waals surface area contributed by atoms with Gasteiger partial charge in [-0.25, -0.2) is 4.39 Å². The molecule has 250 valence electrons. The van der Waals surface area contributed by atoms with Crippen LogP contribution in [0, 0.1) is 5.82 Å². The smallest absolute Gasteiger partial charge is 0.545 e. The van der Waals surface area contributed by atoms with Crippen LogP contribution in [0.5, 0.6) is 0 Å². The van der Waals surface area contributed by atoms with Crippen molar-refractivity contribution in [2.75, 3.05) is 43.4 Å². The van der Waals surface area contributed by atoms with Gasteiger partial charge in [-0.1, -0.05) is 30.3 Å². The van der Waals surface area contributed by atoms with E-state index in [1.807, 2.05) is 9.80 Å². The average molecular weight is 722 g/mol. The molecule has 0 spiro atoms. The SMILES string of the molecule is O=C([O-])C1=C(CN2CCN(c3cc4c(cc3F)c(=O)c(C(=O)[O-])cn4C3CC3)CC2)CS[C@H]2[C@@H](NC(=O)C(O)c3ccccc3)C(=O)N12.[Na+].[Na+]. The van der Waals surface area contributed by atoms with E-state index in [1.165, 1.54) is 18.0 Å². The number of nitrogens with one attached hydrogen (secondary N) is 1. The maximum Gasteiger partial charge on any atom is 1.00 e. The third-order valence-corrected chi connectivity index (χ3v) is 10.6. The number of carboxylic acid groups (broad SMARTS) is 2. The number of nitrogens with zero attached hydrogens (tertiary/aromatic N) is 4. The molecule has 3 aliphatic heterocycles. The number of fused-ring (bicyclic) bond motifs is 2. The zero-order valence-electron chi connectivity index (χ0n) is 27.5. The normalized spacial score (nSPS) is 21.0. The first kappa shape index (κ1) is 38.5. The predicted octanol–water partition coefficient (Wildman–Crippen LogP) is -6.89. The molecule has 2 aromatic carbocycles. The molecule has 1 aromatic heterocycles. The minimum atomic E-state index is -1.61. The summed E-state index contributed by atoms with van der Waals surface area (Å²) in [7, 11) is 0. The maximum atomic E-state index is 15.4. The number of aliphatic carboxylic acids is 1. The van der Waals surface area contributed by atoms with Gasteiger partial charge in [-0.3, -0.25) is 24.2 Å². The Balaban J connectivity index is 0.00000243. The van der Waals surface area contributed by atoms with Crippen LogP contribution < -0.4 is 85.0 Å². The summed E-state index contributed by atoms with van der Waals surface area (Å²) in [4.78, 5) is 67.4. The van der Waals surface area contributed by atoms with Crippen LogP contribution in [-0.4, -0.2) is 93.1 Å². The summed E-state index contributed by atoms with van der Waals surface area (Å²) in [5, 5.41) is 36.1. The van der Waals surface area contributed by atoms with Crippen molar-refractivity contribution in [3.63, 3.8) is 0 Å². The van der Waals surface area contributed by atoms with Crippen molar-refractivity contribution in [3.8, 4) is 0 Å². The number of anilines is 1. The van der Waals surface area contributed by atoms with Gasteiger partial charge in [0.05, 0.1) is 34.4 Å². The van der Waals surface area contributed by atoms with Gasteiger partial charge in [0.15, 0.2) is 11.5 Å². The molecule has 2 saturated heterocycles. The fourth-order valence-electron chi connectivity index (χ4n) is 6.63. The molecule has 4 heterocycles. The van der Waals surface area contributed by atoms with E-state index in [2.05, 4.69) is 5.32 Å². The van der Waals surface area contributed by atoms with Crippen LogP contribution in [-0.2, 0) is 14.4 Å². The number of aliphatic hydroxyl groups excluding tert-OH is 1. The van der Waals surface area contributed by atoms with E-state index in [0.717, 1.165) is 23.8 Å². The summed E-state index contributed by atoms with van der Waals surface area (Å²) >= 11 is 1.31. The zero-order chi connectivity index (χ0) is 33.9. The van der Waals surface area contributed by atoms with Crippen LogP contribution in [0.2, 0.25) is 0 Å². The summed E-state index contributed by atoms with van der Waals surface area (Å²) < 4.78 is 17.1. The standard InChI is InChI=1S/C33H32FN5O8S.2Na/c34-22-12-20-23(38(19-6-7-19)15-21(28(20)41)32(44)45)13-24(22)37-10-8-36(9-11-37)14-18-16-48-31-25(30(43)39(31)26(18)33(46)47)35-29(42)27(40)17-4-2-1-3-5-17;;/h1-5,12-13,15,19,25,27,31,40H,6-11,14,16H2,(H,35,42)(H,44,45)(H,46,47);;/q;2*+1/p-2/t25-,27?,31-;;/m0../s1. The van der Waals surface area contributed by atoms with Crippen molar-refractivity contribution in [3.05, 3.63) is 87.1 Å². The molecular weight excluding hydrogens is 691 g/mol. The molecule has 2 N–H and O–H groups in total. The Morgan fingerprint density at radius 1 is 1.00 bits per heavy atom. The average Bonchev–Trinajstić information content (AvgIpc) is 3.93. The van der Waals surface area contributed by atoms with Crippen molar-refractivity contribution in [2.24, 2.45) is 0 Å². The summed E-state index contributed by atoms with van der Waals surface area (Å²) in [6.07, 6.45) is 1.42. The molecule has 13 nitrogen and oxygen atoms in total. The van der Waals surface area contributed by atoms with Gasteiger partial charge in [0, 0.05) is 56.1 Å². The molecule has 1 aliphatic carbocycles. The van der Waals surface area contributed by atoms with E-state index < -0.39 is 58.1 Å². The van der Waals surface area contributed by atoms with E-state index in [-0.39, 0.29) is 94.2 Å². The molecule has 3 aromatic rings. The quantitative estimate of drug-likeness (QED) is 0.159. The number of carboxylic acids is 2. The molecule has 4 aliphatic rings. The van der Waals surface area contributed by atoms with Gasteiger partial charge in [0.1, 0.15) is 17.2 Å². The summed E-state index contributed by atoms with van der Waals surface area (Å²) in [6, 6.07) is 9.93. The number of aromatic carboxylic acids is 1. The molecule has 2 amide bonds. The van der Waals surface area contributed by atoms with Crippen LogP contribution in [0.4, 0.5) is 10.1 Å². The third kappa shape index (κ3) is 7.17. The molecule has 7 rings (SSSR count). The topological polar surface area (TPSA) is 178 Å². The maximum absolute atomic E-state index is 15.4. The van der Waals surface area contributed by atoms with Crippen LogP contribution in [0.15, 0.2) is 64.7 Å². The second kappa shape index (κ2) is 15.5. The second-order valence-electron chi connectivity index (χ2n) is 12.3. The molecule has 17 heteroatoms. The first-order chi connectivity index (χ1) is 23.0. The summed E-state index contributed by atoms with van der Waals surface area (Å²) in [5.41, 5.74) is 0.0554. The number of benzene rings is 2. The van der Waals surface area contributed by atoms with E-state index in [9.17, 15) is 39.3 Å². The van der Waals surface area contributed by atoms with Gasteiger partial charge in [0.25, 0.3) is 11.8 Å². The minimum absolute atomic E-state index is 0. The second-order valence-corrected chi connectivity index (χ2v) is 13.4. The van der Waals surface area contributed by atoms with Crippen LogP contribution in [0.3, 0.4) is 0 Å². The molecule has 3 fully saturated rings. The minimum Gasteiger partial charge on any atom is -0.545 e. The number of amides is 2. The number of rotatable bonds is 9. The summed E-state index contributed by atoms with van der Waals surface area (Å²) in [6.45, 7) is 1.89. The number of aromatic nitrogens is 1. The number of β-lactam (4-membered cyclic amide) rings is 1. The Labute approximate surface area is 334 Å². The van der Waals surface area contributed by atoms with Crippen molar-refractivity contribution in [1.29, 1.82) is 0 Å².